The minimum Gasteiger partial charge on any atom is -0.459 e. The average Bonchev–Trinajstić information content (AvgIpc) is 3.13. The van der Waals surface area contributed by atoms with E-state index in [9.17, 15) is 29.8 Å². The first-order chi connectivity index (χ1) is 15.7. The third-order valence-corrected chi connectivity index (χ3v) is 5.35. The molecule has 3 rings (SSSR count). The number of nitro benzene ring substituents is 2. The fraction of sp³-hybridized carbons (Fsp3) is 0.364. The molecule has 11 nitrogen and oxygen atoms in total. The number of carbonyl (C=O) groups is 2. The quantitative estimate of drug-likeness (QED) is 0.171. The van der Waals surface area contributed by atoms with E-state index in [2.05, 4.69) is 0 Å². The number of aldehydes is 1. The molecule has 2 aromatic rings. The van der Waals surface area contributed by atoms with Gasteiger partial charge in [-0.2, -0.15) is 0 Å². The van der Waals surface area contributed by atoms with Crippen molar-refractivity contribution in [2.75, 3.05) is 6.61 Å². The Morgan fingerprint density at radius 3 is 2.30 bits per heavy atom. The molecule has 2 aromatic carbocycles. The van der Waals surface area contributed by atoms with E-state index in [-0.39, 0.29) is 25.0 Å². The summed E-state index contributed by atoms with van der Waals surface area (Å²) in [6.07, 6.45) is 2.23. The minimum atomic E-state index is -1.08. The van der Waals surface area contributed by atoms with Crippen molar-refractivity contribution in [3.63, 3.8) is 0 Å². The zero-order valence-corrected chi connectivity index (χ0v) is 17.8. The highest BCUT2D eigenvalue weighted by Gasteiger charge is 2.49. The number of ether oxygens (including phenoxy) is 1. The molecule has 1 heterocycles. The lowest BCUT2D eigenvalue weighted by molar-refractivity contribution is -0.394. The Morgan fingerprint density at radius 1 is 1.09 bits per heavy atom. The van der Waals surface area contributed by atoms with Crippen LogP contribution in [-0.4, -0.2) is 39.9 Å². The van der Waals surface area contributed by atoms with Gasteiger partial charge < -0.3 is 9.53 Å². The Hall–Kier alpha value is -3.70. The number of nitrogens with zero attached hydrogens (tertiary/aromatic N) is 2. The van der Waals surface area contributed by atoms with E-state index < -0.39 is 38.4 Å². The SMILES string of the molecule is C[C@]1(COC(=O)c2cc([N+](=O)[O-])cc([N+](=O)[O-])c2)C[C@@](CC=O)(CCc2ccccc2)OO1. The molecule has 1 aliphatic rings. The van der Waals surface area contributed by atoms with E-state index in [0.717, 1.165) is 30.0 Å². The monoisotopic (exact) mass is 458 g/mol. The number of rotatable bonds is 10. The topological polar surface area (TPSA) is 148 Å². The standard InChI is InChI=1S/C22H22N2O9/c1-21(14-22(9-10-25,33-32-21)8-7-16-5-3-2-4-6-16)15-31-20(26)17-11-18(23(27)28)13-19(12-17)24(29)30/h2-6,10-13H,7-9,14-15H2,1H3/t21-,22+/m1/s1. The summed E-state index contributed by atoms with van der Waals surface area (Å²) in [5.41, 5.74) is -2.45. The lowest BCUT2D eigenvalue weighted by Gasteiger charge is -2.25. The molecule has 0 aliphatic carbocycles. The molecule has 2 atom stereocenters. The van der Waals surface area contributed by atoms with Gasteiger partial charge >= 0.3 is 5.97 Å². The average molecular weight is 458 g/mol. The van der Waals surface area contributed by atoms with E-state index in [1.165, 1.54) is 0 Å². The Labute approximate surface area is 188 Å². The van der Waals surface area contributed by atoms with Gasteiger partial charge in [0.15, 0.2) is 0 Å². The Morgan fingerprint density at radius 2 is 1.73 bits per heavy atom. The number of esters is 1. The van der Waals surface area contributed by atoms with Crippen molar-refractivity contribution in [1.82, 2.24) is 0 Å². The number of carbonyl (C=O) groups excluding carboxylic acids is 2. The molecule has 0 saturated carbocycles. The number of benzene rings is 2. The Kier molecular flexibility index (Phi) is 7.14. The Bertz CT molecular complexity index is 1030. The molecule has 11 heteroatoms. The first-order valence-electron chi connectivity index (χ1n) is 10.1. The van der Waals surface area contributed by atoms with E-state index >= 15 is 0 Å². The summed E-state index contributed by atoms with van der Waals surface area (Å²) in [6, 6.07) is 12.2. The summed E-state index contributed by atoms with van der Waals surface area (Å²) < 4.78 is 5.24. The van der Waals surface area contributed by atoms with E-state index in [4.69, 9.17) is 14.5 Å². The van der Waals surface area contributed by atoms with Crippen LogP contribution in [0.1, 0.15) is 42.1 Å². The molecule has 0 bridgehead atoms. The van der Waals surface area contributed by atoms with Crippen LogP contribution in [0.25, 0.3) is 0 Å². The number of aryl methyl sites for hydroxylation is 1. The summed E-state index contributed by atoms with van der Waals surface area (Å²) in [4.78, 5) is 55.2. The first-order valence-corrected chi connectivity index (χ1v) is 10.1. The highest BCUT2D eigenvalue weighted by molar-refractivity contribution is 5.91. The second-order valence-corrected chi connectivity index (χ2v) is 8.16. The third-order valence-electron chi connectivity index (χ3n) is 5.35. The molecule has 0 spiro atoms. The summed E-state index contributed by atoms with van der Waals surface area (Å²) in [5.74, 6) is -0.983. The largest absolute Gasteiger partial charge is 0.459 e. The van der Waals surface area contributed by atoms with Crippen LogP contribution in [0, 0.1) is 20.2 Å². The normalized spacial score (nSPS) is 22.0. The molecule has 0 radical (unpaired) electrons. The van der Waals surface area contributed by atoms with Gasteiger partial charge in [-0.25, -0.2) is 14.6 Å². The number of nitro groups is 2. The minimum absolute atomic E-state index is 0.0838. The van der Waals surface area contributed by atoms with Crippen molar-refractivity contribution in [2.24, 2.45) is 0 Å². The van der Waals surface area contributed by atoms with Crippen molar-refractivity contribution in [3.8, 4) is 0 Å². The summed E-state index contributed by atoms with van der Waals surface area (Å²) in [5, 5.41) is 22.1. The predicted octanol–water partition coefficient (Wildman–Crippen LogP) is 3.73. The predicted molar refractivity (Wildman–Crippen MR) is 113 cm³/mol. The molecule has 1 fully saturated rings. The fourth-order valence-electron chi connectivity index (χ4n) is 3.74. The van der Waals surface area contributed by atoms with Gasteiger partial charge in [-0.1, -0.05) is 30.3 Å². The molecule has 33 heavy (non-hydrogen) atoms. The Balaban J connectivity index is 1.68. The van der Waals surface area contributed by atoms with Crippen LogP contribution in [0.4, 0.5) is 11.4 Å². The van der Waals surface area contributed by atoms with Gasteiger partial charge in [0.05, 0.1) is 21.5 Å². The summed E-state index contributed by atoms with van der Waals surface area (Å²) in [7, 11) is 0. The smallest absolute Gasteiger partial charge is 0.338 e. The zero-order chi connectivity index (χ0) is 24.1. The van der Waals surface area contributed by atoms with Gasteiger partial charge in [-0.15, -0.1) is 0 Å². The molecular formula is C22H22N2O9. The fourth-order valence-corrected chi connectivity index (χ4v) is 3.74. The first kappa shape index (κ1) is 24.0. The van der Waals surface area contributed by atoms with Crippen molar-refractivity contribution >= 4 is 23.6 Å². The highest BCUT2D eigenvalue weighted by Crippen LogP contribution is 2.41. The molecule has 1 aliphatic heterocycles. The second-order valence-electron chi connectivity index (χ2n) is 8.16. The van der Waals surface area contributed by atoms with Crippen LogP contribution in [0.3, 0.4) is 0 Å². The molecule has 0 N–H and O–H groups in total. The number of non-ortho nitro benzene ring substituents is 2. The van der Waals surface area contributed by atoms with Crippen molar-refractivity contribution in [2.45, 2.75) is 43.8 Å². The molecule has 0 amide bonds. The maximum atomic E-state index is 12.5. The van der Waals surface area contributed by atoms with Crippen LogP contribution in [-0.2, 0) is 25.7 Å². The van der Waals surface area contributed by atoms with Gasteiger partial charge in [0.2, 0.25) is 0 Å². The van der Waals surface area contributed by atoms with Crippen LogP contribution < -0.4 is 0 Å². The molecule has 174 valence electrons. The lowest BCUT2D eigenvalue weighted by Crippen LogP contribution is -2.35. The van der Waals surface area contributed by atoms with Crippen molar-refractivity contribution < 1.29 is 33.9 Å². The molecular weight excluding hydrogens is 436 g/mol. The molecule has 1 saturated heterocycles. The third kappa shape index (κ3) is 5.96. The van der Waals surface area contributed by atoms with Gasteiger partial charge in [0.25, 0.3) is 11.4 Å². The van der Waals surface area contributed by atoms with Crippen molar-refractivity contribution in [3.05, 3.63) is 79.9 Å². The van der Waals surface area contributed by atoms with Gasteiger partial charge in [0.1, 0.15) is 24.1 Å². The second kappa shape index (κ2) is 9.84. The molecule has 0 unspecified atom stereocenters. The van der Waals surface area contributed by atoms with E-state index in [0.29, 0.717) is 12.8 Å². The van der Waals surface area contributed by atoms with Gasteiger partial charge in [-0.3, -0.25) is 20.2 Å². The summed E-state index contributed by atoms with van der Waals surface area (Å²) in [6.45, 7) is 1.36. The van der Waals surface area contributed by atoms with Crippen molar-refractivity contribution in [1.29, 1.82) is 0 Å². The van der Waals surface area contributed by atoms with E-state index in [1.54, 1.807) is 6.92 Å². The highest BCUT2D eigenvalue weighted by atomic mass is 17.2. The van der Waals surface area contributed by atoms with Crippen LogP contribution in [0.5, 0.6) is 0 Å². The van der Waals surface area contributed by atoms with Gasteiger partial charge in [0, 0.05) is 25.0 Å². The van der Waals surface area contributed by atoms with Gasteiger partial charge in [-0.05, 0) is 25.3 Å². The van der Waals surface area contributed by atoms with Crippen LogP contribution in [0.15, 0.2) is 48.5 Å². The maximum absolute atomic E-state index is 12.5. The maximum Gasteiger partial charge on any atom is 0.338 e. The lowest BCUT2D eigenvalue weighted by atomic mass is 9.83. The van der Waals surface area contributed by atoms with E-state index in [1.807, 2.05) is 30.3 Å². The number of hydrogen-bond acceptors (Lipinski definition) is 9. The number of hydrogen-bond donors (Lipinski definition) is 0. The summed E-state index contributed by atoms with van der Waals surface area (Å²) >= 11 is 0. The van der Waals surface area contributed by atoms with Crippen LogP contribution in [0.2, 0.25) is 0 Å². The molecule has 0 aromatic heterocycles. The zero-order valence-electron chi connectivity index (χ0n) is 17.8. The van der Waals surface area contributed by atoms with Crippen LogP contribution >= 0.6 is 0 Å².